The van der Waals surface area contributed by atoms with Crippen LogP contribution in [0.3, 0.4) is 0 Å². The van der Waals surface area contributed by atoms with Crippen LogP contribution in [0.25, 0.3) is 0 Å². The van der Waals surface area contributed by atoms with Crippen molar-refractivity contribution in [3.63, 3.8) is 0 Å². The van der Waals surface area contributed by atoms with E-state index in [1.807, 2.05) is 24.3 Å². The third kappa shape index (κ3) is 7.51. The second-order valence-electron chi connectivity index (χ2n) is 15.3. The smallest absolute Gasteiger partial charge is 0.264 e. The number of benzene rings is 3. The van der Waals surface area contributed by atoms with Crippen LogP contribution >= 0.6 is 11.6 Å². The van der Waals surface area contributed by atoms with Crippen LogP contribution in [0.4, 0.5) is 11.4 Å². The predicted octanol–water partition coefficient (Wildman–Crippen LogP) is 6.31. The number of halogens is 1. The van der Waals surface area contributed by atoms with Crippen LogP contribution in [0.1, 0.15) is 103 Å². The van der Waals surface area contributed by atoms with Gasteiger partial charge in [0.2, 0.25) is 11.8 Å². The Morgan fingerprint density at radius 3 is 2.26 bits per heavy atom. The van der Waals surface area contributed by atoms with Crippen molar-refractivity contribution in [1.29, 1.82) is 5.26 Å². The molecule has 0 spiro atoms. The quantitative estimate of drug-likeness (QED) is 0.109. The normalized spacial score (nSPS) is 21.0. The summed E-state index contributed by atoms with van der Waals surface area (Å²) in [6.07, 6.45) is 3.75. The largest absolute Gasteiger partial charge is 0.489 e. The van der Waals surface area contributed by atoms with Gasteiger partial charge in [-0.25, -0.2) is 0 Å². The van der Waals surface area contributed by atoms with E-state index in [-0.39, 0.29) is 52.9 Å². The van der Waals surface area contributed by atoms with E-state index >= 15 is 0 Å². The molecule has 2 fully saturated rings. The molecule has 3 aliphatic rings. The summed E-state index contributed by atoms with van der Waals surface area (Å²) < 4.78 is 6.34. The Hall–Kier alpha value is -5.41. The van der Waals surface area contributed by atoms with Gasteiger partial charge in [0.1, 0.15) is 24.0 Å². The summed E-state index contributed by atoms with van der Waals surface area (Å²) >= 11 is 6.22. The molecule has 4 N–H and O–H groups in total. The number of hydrogen-bond acceptors (Lipinski definition) is 9. The Labute approximate surface area is 319 Å². The lowest BCUT2D eigenvalue weighted by Crippen LogP contribution is -2.74. The first-order valence-corrected chi connectivity index (χ1v) is 18.7. The van der Waals surface area contributed by atoms with Crippen LogP contribution in [-0.4, -0.2) is 65.7 Å². The number of piperidine rings is 1. The molecule has 1 atom stereocenters. The second-order valence-corrected chi connectivity index (χ2v) is 15.7. The molecule has 12 nitrogen and oxygen atoms in total. The first kappa shape index (κ1) is 38.3. The first-order chi connectivity index (χ1) is 25.7. The number of fused-ring (bicyclic) bond motifs is 1. The molecule has 2 heterocycles. The first-order valence-electron chi connectivity index (χ1n) is 18.3. The maximum absolute atomic E-state index is 13.3. The van der Waals surface area contributed by atoms with E-state index in [9.17, 15) is 29.2 Å². The van der Waals surface area contributed by atoms with Gasteiger partial charge in [0.05, 0.1) is 21.7 Å². The Bertz CT molecular complexity index is 2010. The highest BCUT2D eigenvalue weighted by atomic mass is 35.5. The standard InChI is InChI=1S/C41H45ClN6O6/c1-40(2)38(41(3,4)39(40)54-27-17-14-25(23-43)29(42)22-27)47-34(50)24-12-15-26(16-13-24)44-20-7-5-6-8-21-45-30-11-9-10-28-33(30)37(53)48(36(28)52)31-18-19-32(49)46-35(31)51/h9-17,22,31,38-39,44-45H,5-8,18-21H2,1-4H3,(H,47,50)(H,46,49,51)/t31?,38-,39-. The molecule has 0 bridgehead atoms. The lowest BCUT2D eigenvalue weighted by molar-refractivity contribution is -0.164. The Balaban J connectivity index is 0.906. The minimum Gasteiger partial charge on any atom is -0.489 e. The van der Waals surface area contributed by atoms with Crippen LogP contribution in [0.2, 0.25) is 5.02 Å². The summed E-state index contributed by atoms with van der Waals surface area (Å²) in [6, 6.07) is 18.5. The van der Waals surface area contributed by atoms with Crippen molar-refractivity contribution in [2.75, 3.05) is 23.7 Å². The summed E-state index contributed by atoms with van der Waals surface area (Å²) in [6.45, 7) is 9.67. The van der Waals surface area contributed by atoms with Gasteiger partial charge in [0.25, 0.3) is 17.7 Å². The average molecular weight is 753 g/mol. The highest BCUT2D eigenvalue weighted by Gasteiger charge is 2.64. The number of nitriles is 1. The maximum atomic E-state index is 13.3. The van der Waals surface area contributed by atoms with Gasteiger partial charge >= 0.3 is 0 Å². The molecule has 3 aromatic rings. The molecular formula is C41H45ClN6O6. The number of rotatable bonds is 14. The van der Waals surface area contributed by atoms with E-state index in [0.717, 1.165) is 42.8 Å². The SMILES string of the molecule is CC1(C)[C@H](NC(=O)c2ccc(NCCCCCCNc3cccc4c3C(=O)N(C3CCC(=O)NC3=O)C4=O)cc2)C(C)(C)[C@H]1Oc1ccc(C#N)c(Cl)c1. The molecule has 1 unspecified atom stereocenters. The molecular weight excluding hydrogens is 708 g/mol. The number of unbranched alkanes of at least 4 members (excludes halogenated alkanes) is 3. The molecule has 3 aromatic carbocycles. The van der Waals surface area contributed by atoms with E-state index < -0.39 is 29.7 Å². The monoisotopic (exact) mass is 752 g/mol. The van der Waals surface area contributed by atoms with Gasteiger partial charge in [-0.3, -0.25) is 34.2 Å². The van der Waals surface area contributed by atoms with Gasteiger partial charge in [-0.2, -0.15) is 5.26 Å². The fourth-order valence-corrected chi connectivity index (χ4v) is 8.48. The van der Waals surface area contributed by atoms with Crippen molar-refractivity contribution in [2.45, 2.75) is 84.4 Å². The number of carbonyl (C=O) groups excluding carboxylic acids is 5. The summed E-state index contributed by atoms with van der Waals surface area (Å²) in [5.41, 5.74) is 2.25. The number of hydrogen-bond donors (Lipinski definition) is 4. The number of amides is 5. The predicted molar refractivity (Wildman–Crippen MR) is 204 cm³/mol. The lowest BCUT2D eigenvalue weighted by Gasteiger charge is -2.63. The minimum atomic E-state index is -0.995. The minimum absolute atomic E-state index is 0.0760. The number of nitrogens with one attached hydrogen (secondary N) is 4. The molecule has 54 heavy (non-hydrogen) atoms. The summed E-state index contributed by atoms with van der Waals surface area (Å²) in [5.74, 6) is -1.64. The molecule has 282 valence electrons. The van der Waals surface area contributed by atoms with Gasteiger partial charge in [0, 0.05) is 59.4 Å². The van der Waals surface area contributed by atoms with Crippen LogP contribution in [0, 0.1) is 22.2 Å². The van der Waals surface area contributed by atoms with Crippen LogP contribution < -0.4 is 26.0 Å². The van der Waals surface area contributed by atoms with Gasteiger partial charge in [-0.05, 0) is 67.8 Å². The maximum Gasteiger partial charge on any atom is 0.264 e. The molecule has 6 rings (SSSR count). The number of imide groups is 2. The zero-order chi connectivity index (χ0) is 38.8. The fraction of sp³-hybridized carbons (Fsp3) is 0.415. The molecule has 1 aliphatic carbocycles. The molecule has 0 radical (unpaired) electrons. The van der Waals surface area contributed by atoms with Crippen LogP contribution in [0.5, 0.6) is 5.75 Å². The van der Waals surface area contributed by atoms with E-state index in [1.165, 1.54) is 0 Å². The van der Waals surface area contributed by atoms with Crippen molar-refractivity contribution in [1.82, 2.24) is 15.5 Å². The highest BCUT2D eigenvalue weighted by molar-refractivity contribution is 6.31. The Kier molecular flexibility index (Phi) is 11.0. The highest BCUT2D eigenvalue weighted by Crippen LogP contribution is 2.55. The summed E-state index contributed by atoms with van der Waals surface area (Å²) in [4.78, 5) is 64.6. The lowest BCUT2D eigenvalue weighted by atomic mass is 9.49. The zero-order valence-electron chi connectivity index (χ0n) is 30.9. The van der Waals surface area contributed by atoms with E-state index in [0.29, 0.717) is 34.1 Å². The third-order valence-electron chi connectivity index (χ3n) is 10.8. The van der Waals surface area contributed by atoms with Crippen LogP contribution in [0.15, 0.2) is 60.7 Å². The Morgan fingerprint density at radius 1 is 0.926 bits per heavy atom. The molecule has 5 amide bonds. The molecule has 1 saturated carbocycles. The van der Waals surface area contributed by atoms with Gasteiger partial charge in [-0.1, -0.05) is 58.2 Å². The van der Waals surface area contributed by atoms with E-state index in [2.05, 4.69) is 55.0 Å². The number of ether oxygens (including phenoxy) is 1. The number of anilines is 2. The number of nitrogens with zero attached hydrogens (tertiary/aromatic N) is 2. The zero-order valence-corrected chi connectivity index (χ0v) is 31.6. The van der Waals surface area contributed by atoms with Crippen LogP contribution in [-0.2, 0) is 9.59 Å². The number of carbonyl (C=O) groups is 5. The topological polar surface area (TPSA) is 170 Å². The fourth-order valence-electron chi connectivity index (χ4n) is 8.27. The third-order valence-corrected chi connectivity index (χ3v) is 11.1. The molecule has 1 saturated heterocycles. The summed E-state index contributed by atoms with van der Waals surface area (Å²) in [5, 5.41) is 21.7. The molecule has 13 heteroatoms. The second kappa shape index (κ2) is 15.5. The summed E-state index contributed by atoms with van der Waals surface area (Å²) in [7, 11) is 0. The van der Waals surface area contributed by atoms with Crippen molar-refractivity contribution >= 4 is 52.5 Å². The van der Waals surface area contributed by atoms with Gasteiger partial charge in [0.15, 0.2) is 0 Å². The van der Waals surface area contributed by atoms with E-state index in [4.69, 9.17) is 16.3 Å². The molecule has 0 aromatic heterocycles. The van der Waals surface area contributed by atoms with Crippen molar-refractivity contribution in [3.8, 4) is 11.8 Å². The average Bonchev–Trinajstić information content (AvgIpc) is 3.39. The van der Waals surface area contributed by atoms with Gasteiger partial charge in [-0.15, -0.1) is 0 Å². The Morgan fingerprint density at radius 2 is 1.61 bits per heavy atom. The van der Waals surface area contributed by atoms with E-state index in [1.54, 1.807) is 36.4 Å². The van der Waals surface area contributed by atoms with Crippen molar-refractivity contribution in [2.24, 2.45) is 10.8 Å². The van der Waals surface area contributed by atoms with Crippen molar-refractivity contribution in [3.05, 3.63) is 87.9 Å². The molecule has 2 aliphatic heterocycles. The van der Waals surface area contributed by atoms with Crippen molar-refractivity contribution < 1.29 is 28.7 Å². The van der Waals surface area contributed by atoms with Gasteiger partial charge < -0.3 is 20.7 Å².